The third kappa shape index (κ3) is 4.89. The molecule has 0 N–H and O–H groups in total. The van der Waals surface area contributed by atoms with Gasteiger partial charge in [0.05, 0.1) is 0 Å². The lowest BCUT2D eigenvalue weighted by Crippen LogP contribution is -2.51. The zero-order chi connectivity index (χ0) is 13.4. The van der Waals surface area contributed by atoms with Crippen LogP contribution in [0.5, 0.6) is 0 Å². The molecular formula is C16H34N2. The van der Waals surface area contributed by atoms with Gasteiger partial charge in [-0.25, -0.2) is 0 Å². The predicted molar refractivity (Wildman–Crippen MR) is 81.1 cm³/mol. The first-order chi connectivity index (χ1) is 8.70. The summed E-state index contributed by atoms with van der Waals surface area (Å²) in [6.07, 6.45) is 11.0. The molecule has 2 nitrogen and oxygen atoms in total. The molecule has 1 aliphatic carbocycles. The third-order valence-electron chi connectivity index (χ3n) is 4.55. The minimum atomic E-state index is 0.798. The minimum absolute atomic E-state index is 0.798. The van der Waals surface area contributed by atoms with E-state index in [4.69, 9.17) is 0 Å². The Labute approximate surface area is 115 Å². The van der Waals surface area contributed by atoms with Crippen LogP contribution >= 0.6 is 0 Å². The molecule has 18 heavy (non-hydrogen) atoms. The van der Waals surface area contributed by atoms with E-state index in [2.05, 4.69) is 37.7 Å². The molecule has 0 aromatic carbocycles. The maximum atomic E-state index is 2.63. The Hall–Kier alpha value is -0.0800. The van der Waals surface area contributed by atoms with Crippen LogP contribution in [0.4, 0.5) is 0 Å². The Morgan fingerprint density at radius 3 is 1.50 bits per heavy atom. The number of unbranched alkanes of at least 4 members (excludes halogenated alkanes) is 2. The zero-order valence-electron chi connectivity index (χ0n) is 13.1. The van der Waals surface area contributed by atoms with E-state index in [0.717, 1.165) is 12.1 Å². The molecule has 1 saturated carbocycles. The van der Waals surface area contributed by atoms with Gasteiger partial charge in [-0.15, -0.1) is 0 Å². The maximum absolute atomic E-state index is 2.63. The molecule has 0 bridgehead atoms. The van der Waals surface area contributed by atoms with E-state index in [-0.39, 0.29) is 0 Å². The molecule has 0 aromatic rings. The minimum Gasteiger partial charge on any atom is -0.302 e. The van der Waals surface area contributed by atoms with Gasteiger partial charge in [-0.2, -0.15) is 0 Å². The highest BCUT2D eigenvalue weighted by Gasteiger charge is 2.30. The summed E-state index contributed by atoms with van der Waals surface area (Å²) in [7, 11) is 4.68. The van der Waals surface area contributed by atoms with Gasteiger partial charge in [0.15, 0.2) is 0 Å². The van der Waals surface area contributed by atoms with Crippen LogP contribution in [0.3, 0.4) is 0 Å². The summed E-state index contributed by atoms with van der Waals surface area (Å²) in [5, 5.41) is 0. The molecule has 1 fully saturated rings. The van der Waals surface area contributed by atoms with Crippen molar-refractivity contribution in [3.63, 3.8) is 0 Å². The molecule has 0 heterocycles. The average molecular weight is 254 g/mol. The summed E-state index contributed by atoms with van der Waals surface area (Å²) in [4.78, 5) is 5.27. The second kappa shape index (κ2) is 8.92. The fourth-order valence-electron chi connectivity index (χ4n) is 3.27. The third-order valence-corrected chi connectivity index (χ3v) is 4.55. The van der Waals surface area contributed by atoms with Crippen molar-refractivity contribution in [3.8, 4) is 0 Å². The zero-order valence-corrected chi connectivity index (χ0v) is 13.1. The van der Waals surface area contributed by atoms with E-state index in [9.17, 15) is 0 Å². The lowest BCUT2D eigenvalue weighted by Gasteiger charge is -2.42. The van der Waals surface area contributed by atoms with Crippen LogP contribution in [0.25, 0.3) is 0 Å². The van der Waals surface area contributed by atoms with E-state index >= 15 is 0 Å². The van der Waals surface area contributed by atoms with Gasteiger partial charge in [0.25, 0.3) is 0 Å². The van der Waals surface area contributed by atoms with Crippen molar-refractivity contribution in [1.82, 2.24) is 9.80 Å². The van der Waals surface area contributed by atoms with Gasteiger partial charge in [0.1, 0.15) is 0 Å². The van der Waals surface area contributed by atoms with Crippen molar-refractivity contribution < 1.29 is 0 Å². The first-order valence-corrected chi connectivity index (χ1v) is 8.11. The topological polar surface area (TPSA) is 6.48 Å². The Balaban J connectivity index is 2.49. The summed E-state index contributed by atoms with van der Waals surface area (Å²) in [5.41, 5.74) is 0. The normalized spacial score (nSPS) is 25.0. The van der Waals surface area contributed by atoms with E-state index < -0.39 is 0 Å². The largest absolute Gasteiger partial charge is 0.302 e. The maximum Gasteiger partial charge on any atom is 0.0248 e. The number of hydrogen-bond donors (Lipinski definition) is 0. The molecule has 2 heteroatoms. The molecule has 0 aliphatic heterocycles. The van der Waals surface area contributed by atoms with Crippen molar-refractivity contribution in [2.75, 3.05) is 27.2 Å². The van der Waals surface area contributed by atoms with Gasteiger partial charge in [0.2, 0.25) is 0 Å². The fraction of sp³-hybridized carbons (Fsp3) is 1.00. The van der Waals surface area contributed by atoms with Gasteiger partial charge in [-0.1, -0.05) is 39.5 Å². The van der Waals surface area contributed by atoms with Crippen LogP contribution in [0, 0.1) is 0 Å². The average Bonchev–Trinajstić information content (AvgIpc) is 2.42. The fourth-order valence-corrected chi connectivity index (χ4v) is 3.27. The Morgan fingerprint density at radius 1 is 0.778 bits per heavy atom. The van der Waals surface area contributed by atoms with Crippen LogP contribution in [0.1, 0.15) is 65.2 Å². The molecule has 108 valence electrons. The molecule has 0 saturated heterocycles. The van der Waals surface area contributed by atoms with Crippen LogP contribution in [-0.4, -0.2) is 49.1 Å². The Bertz CT molecular complexity index is 183. The number of likely N-dealkylation sites (N-methyl/N-ethyl adjacent to an activating group) is 2. The number of rotatable bonds is 8. The monoisotopic (exact) mass is 254 g/mol. The highest BCUT2D eigenvalue weighted by molar-refractivity contribution is 4.87. The van der Waals surface area contributed by atoms with Crippen molar-refractivity contribution in [2.45, 2.75) is 77.3 Å². The summed E-state index contributed by atoms with van der Waals surface area (Å²) >= 11 is 0. The Morgan fingerprint density at radius 2 is 1.17 bits per heavy atom. The molecule has 2 atom stereocenters. The second-order valence-electron chi connectivity index (χ2n) is 6.09. The molecule has 0 radical (unpaired) electrons. The van der Waals surface area contributed by atoms with E-state index in [1.165, 1.54) is 64.5 Å². The smallest absolute Gasteiger partial charge is 0.0248 e. The molecule has 1 rings (SSSR count). The molecular weight excluding hydrogens is 220 g/mol. The van der Waals surface area contributed by atoms with Gasteiger partial charge < -0.3 is 9.80 Å². The van der Waals surface area contributed by atoms with E-state index in [1.807, 2.05) is 0 Å². The SMILES string of the molecule is CCCCN(C)C1CCCCC1N(C)CCCC. The van der Waals surface area contributed by atoms with Gasteiger partial charge in [0, 0.05) is 12.1 Å². The summed E-state index contributed by atoms with van der Waals surface area (Å²) < 4.78 is 0. The van der Waals surface area contributed by atoms with E-state index in [0.29, 0.717) is 0 Å². The lowest BCUT2D eigenvalue weighted by molar-refractivity contribution is 0.0761. The predicted octanol–water partition coefficient (Wildman–Crippen LogP) is 3.76. The highest BCUT2D eigenvalue weighted by Crippen LogP contribution is 2.26. The highest BCUT2D eigenvalue weighted by atomic mass is 15.2. The summed E-state index contributed by atoms with van der Waals surface area (Å²) in [6, 6.07) is 1.60. The van der Waals surface area contributed by atoms with Gasteiger partial charge >= 0.3 is 0 Å². The molecule has 0 amide bonds. The molecule has 2 unspecified atom stereocenters. The van der Waals surface area contributed by atoms with Crippen LogP contribution in [0.2, 0.25) is 0 Å². The van der Waals surface area contributed by atoms with Crippen molar-refractivity contribution in [2.24, 2.45) is 0 Å². The van der Waals surface area contributed by atoms with E-state index in [1.54, 1.807) is 0 Å². The molecule has 0 spiro atoms. The van der Waals surface area contributed by atoms with Crippen molar-refractivity contribution in [3.05, 3.63) is 0 Å². The van der Waals surface area contributed by atoms with Gasteiger partial charge in [-0.05, 0) is 52.9 Å². The summed E-state index contributed by atoms with van der Waals surface area (Å²) in [6.45, 7) is 7.14. The van der Waals surface area contributed by atoms with Crippen LogP contribution in [-0.2, 0) is 0 Å². The lowest BCUT2D eigenvalue weighted by atomic mass is 9.88. The van der Waals surface area contributed by atoms with Crippen LogP contribution < -0.4 is 0 Å². The molecule has 0 aromatic heterocycles. The quantitative estimate of drug-likeness (QED) is 0.651. The van der Waals surface area contributed by atoms with Crippen molar-refractivity contribution in [1.29, 1.82) is 0 Å². The van der Waals surface area contributed by atoms with Crippen LogP contribution in [0.15, 0.2) is 0 Å². The first-order valence-electron chi connectivity index (χ1n) is 8.11. The standard InChI is InChI=1S/C16H34N2/c1-5-7-13-17(3)15-11-9-10-12-16(15)18(4)14-8-6-2/h15-16H,5-14H2,1-4H3. The second-order valence-corrected chi connectivity index (χ2v) is 6.09. The molecule has 1 aliphatic rings. The number of nitrogens with zero attached hydrogens (tertiary/aromatic N) is 2. The summed E-state index contributed by atoms with van der Waals surface area (Å²) in [5.74, 6) is 0. The van der Waals surface area contributed by atoms with Gasteiger partial charge in [-0.3, -0.25) is 0 Å². The number of hydrogen-bond acceptors (Lipinski definition) is 2. The van der Waals surface area contributed by atoms with Crippen molar-refractivity contribution >= 4 is 0 Å². The Kier molecular flexibility index (Phi) is 7.92. The first kappa shape index (κ1) is 16.0.